The molecule has 4 nitrogen and oxygen atoms in total. The minimum absolute atomic E-state index is 0.185. The summed E-state index contributed by atoms with van der Waals surface area (Å²) in [4.78, 5) is 14.0. The highest BCUT2D eigenvalue weighted by Gasteiger charge is 2.39. The van der Waals surface area contributed by atoms with Gasteiger partial charge in [0.15, 0.2) is 6.23 Å². The first-order chi connectivity index (χ1) is 14.6. The molecular formula is C26H43NO3. The molecule has 0 aliphatic carbocycles. The molecular weight excluding hydrogens is 374 g/mol. The minimum Gasteiger partial charge on any atom is -0.391 e. The molecule has 0 saturated carbocycles. The molecule has 1 heterocycles. The van der Waals surface area contributed by atoms with Gasteiger partial charge in [-0.1, -0.05) is 109 Å². The topological polar surface area (TPSA) is 60.8 Å². The van der Waals surface area contributed by atoms with Crippen molar-refractivity contribution in [2.24, 2.45) is 0 Å². The molecule has 1 aliphatic heterocycles. The molecule has 30 heavy (non-hydrogen) atoms. The number of unbranched alkanes of at least 4 members (excludes halogenated alkanes) is 12. The van der Waals surface area contributed by atoms with E-state index in [0.29, 0.717) is 17.5 Å². The van der Waals surface area contributed by atoms with Gasteiger partial charge in [-0.2, -0.15) is 0 Å². The summed E-state index contributed by atoms with van der Waals surface area (Å²) in [6.45, 7) is 4.10. The normalized spacial score (nSPS) is 17.9. The molecule has 2 N–H and O–H groups in total. The van der Waals surface area contributed by atoms with Crippen molar-refractivity contribution >= 4 is 5.91 Å². The predicted molar refractivity (Wildman–Crippen MR) is 123 cm³/mol. The summed E-state index contributed by atoms with van der Waals surface area (Å²) in [5, 5.41) is 21.1. The van der Waals surface area contributed by atoms with E-state index in [1.165, 1.54) is 75.5 Å². The Kier molecular flexibility index (Phi) is 11.5. The summed E-state index contributed by atoms with van der Waals surface area (Å²) in [5.74, 6) is -0.185. The summed E-state index contributed by atoms with van der Waals surface area (Å²) < 4.78 is 0. The molecule has 0 bridgehead atoms. The van der Waals surface area contributed by atoms with E-state index in [1.807, 2.05) is 19.1 Å². The zero-order chi connectivity index (χ0) is 21.8. The van der Waals surface area contributed by atoms with E-state index < -0.39 is 18.4 Å². The fourth-order valence-electron chi connectivity index (χ4n) is 4.52. The van der Waals surface area contributed by atoms with Crippen LogP contribution in [0.25, 0.3) is 0 Å². The van der Waals surface area contributed by atoms with Crippen LogP contribution < -0.4 is 0 Å². The summed E-state index contributed by atoms with van der Waals surface area (Å²) >= 11 is 0. The monoisotopic (exact) mass is 417 g/mol. The van der Waals surface area contributed by atoms with Gasteiger partial charge in [0.1, 0.15) is 0 Å². The molecule has 170 valence electrons. The van der Waals surface area contributed by atoms with Crippen LogP contribution in [0.2, 0.25) is 0 Å². The van der Waals surface area contributed by atoms with E-state index in [4.69, 9.17) is 0 Å². The van der Waals surface area contributed by atoms with E-state index >= 15 is 0 Å². The number of hydrogen-bond acceptors (Lipinski definition) is 3. The molecule has 2 unspecified atom stereocenters. The predicted octanol–water partition coefficient (Wildman–Crippen LogP) is 6.36. The lowest BCUT2D eigenvalue weighted by molar-refractivity contribution is -0.0339. The van der Waals surface area contributed by atoms with Gasteiger partial charge in [0.25, 0.3) is 5.91 Å². The van der Waals surface area contributed by atoms with Gasteiger partial charge >= 0.3 is 0 Å². The smallest absolute Gasteiger partial charge is 0.256 e. The first-order valence-corrected chi connectivity index (χ1v) is 12.4. The van der Waals surface area contributed by atoms with Crippen LogP contribution in [-0.4, -0.2) is 33.2 Å². The van der Waals surface area contributed by atoms with Crippen LogP contribution >= 0.6 is 0 Å². The molecule has 2 rings (SSSR count). The number of benzene rings is 1. The van der Waals surface area contributed by atoms with Crippen LogP contribution in [0.5, 0.6) is 0 Å². The highest BCUT2D eigenvalue weighted by atomic mass is 16.3. The van der Waals surface area contributed by atoms with E-state index in [0.717, 1.165) is 12.8 Å². The second kappa shape index (κ2) is 13.8. The fourth-order valence-corrected chi connectivity index (χ4v) is 4.52. The van der Waals surface area contributed by atoms with Gasteiger partial charge in [-0.15, -0.1) is 0 Å². The molecule has 1 amide bonds. The maximum Gasteiger partial charge on any atom is 0.256 e. The Morgan fingerprint density at radius 2 is 1.37 bits per heavy atom. The average Bonchev–Trinajstić information content (AvgIpc) is 3.01. The van der Waals surface area contributed by atoms with Crippen molar-refractivity contribution in [2.75, 3.05) is 0 Å². The van der Waals surface area contributed by atoms with Gasteiger partial charge in [0.2, 0.25) is 0 Å². The van der Waals surface area contributed by atoms with Gasteiger partial charge in [-0.3, -0.25) is 4.79 Å². The fraction of sp³-hybridized carbons (Fsp3) is 0.731. The number of amides is 1. The number of fused-ring (bicyclic) bond motifs is 1. The Morgan fingerprint density at radius 3 is 1.90 bits per heavy atom. The molecule has 3 atom stereocenters. The third-order valence-corrected chi connectivity index (χ3v) is 6.57. The second-order valence-corrected chi connectivity index (χ2v) is 9.01. The average molecular weight is 418 g/mol. The Balaban J connectivity index is 1.52. The van der Waals surface area contributed by atoms with Crippen LogP contribution in [0, 0.1) is 0 Å². The van der Waals surface area contributed by atoms with Crippen molar-refractivity contribution in [1.82, 2.24) is 4.90 Å². The maximum absolute atomic E-state index is 12.6. The largest absolute Gasteiger partial charge is 0.391 e. The summed E-state index contributed by atoms with van der Waals surface area (Å²) in [6.07, 6.45) is 16.0. The molecule has 0 fully saturated rings. The van der Waals surface area contributed by atoms with Gasteiger partial charge in [-0.05, 0) is 19.4 Å². The van der Waals surface area contributed by atoms with Crippen molar-refractivity contribution in [2.45, 2.75) is 122 Å². The standard InChI is InChI=1S/C26H43NO3/c1-3-4-5-6-7-8-9-10-11-12-13-14-15-20-24(28)21(2)27-25(29)22-18-16-17-19-23(22)26(27)30/h16-19,21,24-25,28-29H,3-15,20H2,1-2H3/t21-,24?,25?/m0/s1. The second-order valence-electron chi connectivity index (χ2n) is 9.01. The third-order valence-electron chi connectivity index (χ3n) is 6.57. The highest BCUT2D eigenvalue weighted by molar-refractivity contribution is 5.99. The number of nitrogens with zero attached hydrogens (tertiary/aromatic N) is 1. The van der Waals surface area contributed by atoms with E-state index in [2.05, 4.69) is 6.92 Å². The van der Waals surface area contributed by atoms with Crippen LogP contribution in [0.1, 0.15) is 126 Å². The van der Waals surface area contributed by atoms with Crippen LogP contribution in [-0.2, 0) is 0 Å². The molecule has 0 spiro atoms. The highest BCUT2D eigenvalue weighted by Crippen LogP contribution is 2.34. The Morgan fingerprint density at radius 1 is 0.867 bits per heavy atom. The lowest BCUT2D eigenvalue weighted by Gasteiger charge is -2.31. The molecule has 0 radical (unpaired) electrons. The molecule has 1 aromatic carbocycles. The minimum atomic E-state index is -0.954. The first kappa shape index (κ1) is 24.9. The Labute approximate surface area is 183 Å². The Hall–Kier alpha value is -1.39. The number of carbonyl (C=O) groups excluding carboxylic acids is 1. The summed E-state index contributed by atoms with van der Waals surface area (Å²) in [6, 6.07) is 6.77. The zero-order valence-corrected chi connectivity index (χ0v) is 19.2. The van der Waals surface area contributed by atoms with Gasteiger partial charge in [-0.25, -0.2) is 0 Å². The first-order valence-electron chi connectivity index (χ1n) is 12.4. The van der Waals surface area contributed by atoms with Gasteiger partial charge in [0, 0.05) is 11.1 Å². The van der Waals surface area contributed by atoms with Crippen molar-refractivity contribution in [3.8, 4) is 0 Å². The summed E-state index contributed by atoms with van der Waals surface area (Å²) in [5.41, 5.74) is 1.19. The van der Waals surface area contributed by atoms with Crippen molar-refractivity contribution in [1.29, 1.82) is 0 Å². The quantitative estimate of drug-likeness (QED) is 0.307. The van der Waals surface area contributed by atoms with Crippen LogP contribution in [0.15, 0.2) is 24.3 Å². The van der Waals surface area contributed by atoms with Gasteiger partial charge in [0.05, 0.1) is 12.1 Å². The number of aliphatic hydroxyl groups is 2. The third kappa shape index (κ3) is 7.39. The molecule has 1 aliphatic rings. The van der Waals surface area contributed by atoms with Crippen molar-refractivity contribution < 1.29 is 15.0 Å². The molecule has 4 heteroatoms. The maximum atomic E-state index is 12.6. The van der Waals surface area contributed by atoms with Crippen LogP contribution in [0.4, 0.5) is 0 Å². The number of carbonyl (C=O) groups is 1. The SMILES string of the molecule is CCCCCCCCCCCCCCCC(O)[C@H](C)N1C(=O)c2ccccc2C1O. The van der Waals surface area contributed by atoms with Crippen molar-refractivity contribution in [3.63, 3.8) is 0 Å². The number of rotatable bonds is 16. The Bertz CT molecular complexity index is 618. The molecule has 1 aromatic rings. The zero-order valence-electron chi connectivity index (χ0n) is 19.2. The number of aliphatic hydroxyl groups excluding tert-OH is 2. The summed E-state index contributed by atoms with van der Waals surface area (Å²) in [7, 11) is 0. The molecule has 0 saturated heterocycles. The van der Waals surface area contributed by atoms with E-state index in [1.54, 1.807) is 12.1 Å². The lowest BCUT2D eigenvalue weighted by Crippen LogP contribution is -2.43. The van der Waals surface area contributed by atoms with E-state index in [-0.39, 0.29) is 5.91 Å². The number of hydrogen-bond donors (Lipinski definition) is 2. The van der Waals surface area contributed by atoms with E-state index in [9.17, 15) is 15.0 Å². The lowest BCUT2D eigenvalue weighted by atomic mass is 10.0. The van der Waals surface area contributed by atoms with Crippen molar-refractivity contribution in [3.05, 3.63) is 35.4 Å². The van der Waals surface area contributed by atoms with Crippen LogP contribution in [0.3, 0.4) is 0 Å². The molecule has 0 aromatic heterocycles. The van der Waals surface area contributed by atoms with Gasteiger partial charge < -0.3 is 15.1 Å².